The van der Waals surface area contributed by atoms with E-state index >= 15 is 0 Å². The lowest BCUT2D eigenvalue weighted by atomic mass is 9.68. The number of hydrogen-bond donors (Lipinski definition) is 1. The smallest absolute Gasteiger partial charge is 0.122 e. The number of nitrogens with zero attached hydrogens (tertiary/aromatic N) is 1. The fraction of sp³-hybridized carbons (Fsp3) is 0.661. The molecule has 3 heteroatoms. The first-order valence-electron chi connectivity index (χ1n) is 26.3. The molecule has 0 bridgehead atoms. The Hall–Kier alpha value is -3.20. The molecule has 0 amide bonds. The van der Waals surface area contributed by atoms with Gasteiger partial charge in [-0.1, -0.05) is 176 Å². The molecule has 3 atom stereocenters. The van der Waals surface area contributed by atoms with Crippen LogP contribution in [0.3, 0.4) is 0 Å². The van der Waals surface area contributed by atoms with Crippen LogP contribution >= 0.6 is 0 Å². The highest BCUT2D eigenvalue weighted by Crippen LogP contribution is 2.42. The minimum atomic E-state index is -0.0625. The summed E-state index contributed by atoms with van der Waals surface area (Å²) in [5.41, 5.74) is 11.5. The molecule has 0 spiro atoms. The van der Waals surface area contributed by atoms with Crippen molar-refractivity contribution in [1.82, 2.24) is 5.32 Å². The van der Waals surface area contributed by atoms with Gasteiger partial charge in [0.2, 0.25) is 0 Å². The number of nitrogens with one attached hydrogen (secondary N) is 1. The standard InChI is InChI=1S/C27H39N.C8H16.C6H8FN.C6H12.C5H10.C4H10.C4H8.C2H6/c1-11-16-27(12-2,20(6)7)25-15-14-24(17-22(25)9)21(8)18-26(28-13-3)23(10)19(4)5;1-3-7-5-6-8(7)4-2;1-5-2-3-8-4-6(5)7;1-5-3-6(2)4-5;1-2-4-5-3-1;2*1-4(2)3;1-2/h13-15,17-18H,6,8,11-12,16H2,1-5,7,9-10H3;7-8H,3-6H2,1-2H3;2-3,8H,4H2,1H3;5-6H,3-4H2,1-2H3;1-5H2;4H,1-3H3;1H2,2-3H3;1-2H3/b26-18+,28-13?;;;;;;;. The van der Waals surface area contributed by atoms with Crippen molar-refractivity contribution >= 4 is 11.8 Å². The topological polar surface area (TPSA) is 24.4 Å². The van der Waals surface area contributed by atoms with Gasteiger partial charge in [-0.3, -0.25) is 4.99 Å². The summed E-state index contributed by atoms with van der Waals surface area (Å²) in [6.45, 7) is 55.2. The van der Waals surface area contributed by atoms with E-state index in [2.05, 4.69) is 151 Å². The highest BCUT2D eigenvalue weighted by molar-refractivity contribution is 5.75. The summed E-state index contributed by atoms with van der Waals surface area (Å²) in [5, 5.41) is 2.75. The molecule has 0 aromatic heterocycles. The molecule has 65 heavy (non-hydrogen) atoms. The van der Waals surface area contributed by atoms with Gasteiger partial charge in [-0.25, -0.2) is 4.39 Å². The van der Waals surface area contributed by atoms with E-state index in [-0.39, 0.29) is 11.2 Å². The first kappa shape index (κ1) is 66.1. The lowest BCUT2D eigenvalue weighted by molar-refractivity contribution is 0.165. The molecular weight excluding hydrogens is 792 g/mol. The van der Waals surface area contributed by atoms with E-state index in [9.17, 15) is 4.39 Å². The molecule has 3 saturated carbocycles. The van der Waals surface area contributed by atoms with Crippen LogP contribution < -0.4 is 5.32 Å². The molecule has 1 aromatic rings. The van der Waals surface area contributed by atoms with Gasteiger partial charge in [0, 0.05) is 11.6 Å². The van der Waals surface area contributed by atoms with Gasteiger partial charge in [-0.05, 0) is 182 Å². The molecule has 1 aromatic carbocycles. The molecule has 3 aliphatic carbocycles. The maximum atomic E-state index is 12.3. The van der Waals surface area contributed by atoms with E-state index in [1.165, 1.54) is 104 Å². The number of allylic oxidation sites excluding steroid dienone is 8. The summed E-state index contributed by atoms with van der Waals surface area (Å²) in [5.74, 6) is 5.05. The van der Waals surface area contributed by atoms with Crippen LogP contribution in [0.15, 0.2) is 101 Å². The van der Waals surface area contributed by atoms with Gasteiger partial charge in [-0.15, -0.1) is 6.58 Å². The Morgan fingerprint density at radius 1 is 0.831 bits per heavy atom. The molecule has 0 radical (unpaired) electrons. The minimum absolute atomic E-state index is 0.0604. The van der Waals surface area contributed by atoms with Gasteiger partial charge >= 0.3 is 0 Å². The van der Waals surface area contributed by atoms with Crippen LogP contribution in [-0.2, 0) is 5.41 Å². The number of aliphatic imine (C=N–C) groups is 1. The monoisotopic (exact) mass is 901 g/mol. The van der Waals surface area contributed by atoms with Crippen LogP contribution in [0, 0.1) is 36.5 Å². The minimum Gasteiger partial charge on any atom is -0.384 e. The van der Waals surface area contributed by atoms with Crippen LogP contribution in [-0.4, -0.2) is 12.8 Å². The molecule has 5 rings (SSSR count). The predicted molar refractivity (Wildman–Crippen MR) is 299 cm³/mol. The quantitative estimate of drug-likeness (QED) is 0.134. The lowest BCUT2D eigenvalue weighted by Crippen LogP contribution is -2.27. The van der Waals surface area contributed by atoms with Crippen LogP contribution in [0.4, 0.5) is 4.39 Å². The number of halogens is 1. The molecule has 2 nitrogen and oxygen atoms in total. The van der Waals surface area contributed by atoms with Crippen molar-refractivity contribution in [2.75, 3.05) is 6.54 Å². The Morgan fingerprint density at radius 3 is 1.55 bits per heavy atom. The van der Waals surface area contributed by atoms with E-state index in [1.807, 2.05) is 40.8 Å². The number of benzene rings is 1. The zero-order valence-corrected chi connectivity index (χ0v) is 47.0. The van der Waals surface area contributed by atoms with Crippen LogP contribution in [0.5, 0.6) is 0 Å². The third kappa shape index (κ3) is 29.2. The Labute approximate surface area is 407 Å². The molecule has 3 fully saturated rings. The molecule has 1 N–H and O–H groups in total. The van der Waals surface area contributed by atoms with Crippen molar-refractivity contribution in [3.63, 3.8) is 0 Å². The van der Waals surface area contributed by atoms with Gasteiger partial charge in [0.05, 0.1) is 12.2 Å². The van der Waals surface area contributed by atoms with Crippen molar-refractivity contribution in [3.05, 3.63) is 112 Å². The van der Waals surface area contributed by atoms with Crippen LogP contribution in [0.25, 0.3) is 5.57 Å². The Morgan fingerprint density at radius 2 is 1.29 bits per heavy atom. The van der Waals surface area contributed by atoms with Crippen molar-refractivity contribution in [2.45, 2.75) is 234 Å². The van der Waals surface area contributed by atoms with E-state index in [0.29, 0.717) is 6.54 Å². The van der Waals surface area contributed by atoms with Crippen molar-refractivity contribution in [3.8, 4) is 0 Å². The second kappa shape index (κ2) is 38.9. The summed E-state index contributed by atoms with van der Waals surface area (Å²) < 4.78 is 12.3. The Bertz CT molecular complexity index is 1560. The van der Waals surface area contributed by atoms with Gasteiger partial charge in [0.25, 0.3) is 0 Å². The van der Waals surface area contributed by atoms with Crippen molar-refractivity contribution in [2.24, 2.45) is 34.6 Å². The predicted octanol–water partition coefficient (Wildman–Crippen LogP) is 20.8. The normalized spacial score (nSPS) is 19.9. The zero-order chi connectivity index (χ0) is 50.7. The largest absolute Gasteiger partial charge is 0.384 e. The third-order valence-electron chi connectivity index (χ3n) is 12.5. The van der Waals surface area contributed by atoms with E-state index in [0.717, 1.165) is 71.3 Å². The second-order valence-electron chi connectivity index (χ2n) is 20.2. The average Bonchev–Trinajstić information content (AvgIpc) is 3.82. The summed E-state index contributed by atoms with van der Waals surface area (Å²) in [4.78, 5) is 4.56. The van der Waals surface area contributed by atoms with Crippen LogP contribution in [0.2, 0.25) is 0 Å². The number of aryl methyl sites for hydroxylation is 1. The fourth-order valence-electron chi connectivity index (χ4n) is 8.42. The summed E-state index contributed by atoms with van der Waals surface area (Å²) in [6, 6.07) is 6.76. The first-order chi connectivity index (χ1) is 30.6. The SMILES string of the molecule is C1CCCC1.C=C(/C=C(/N=CC)C(C)=C(C)C)c1ccc(C(CC)(CCC)C(=C)C)c(C)c1.C=C(C)C.CC.CC(C)C.CC1=C(F)CNC=C1.CC1CC(C)C1.CCC1CCC1CC. The van der Waals surface area contributed by atoms with Crippen molar-refractivity contribution in [1.29, 1.82) is 0 Å². The van der Waals surface area contributed by atoms with Gasteiger partial charge in [0.15, 0.2) is 0 Å². The second-order valence-corrected chi connectivity index (χ2v) is 20.2. The highest BCUT2D eigenvalue weighted by atomic mass is 19.1. The Balaban J connectivity index is -0.000000829. The molecular formula is C62H109FN2. The molecule has 1 heterocycles. The highest BCUT2D eigenvalue weighted by Gasteiger charge is 2.32. The third-order valence-corrected chi connectivity index (χ3v) is 12.5. The summed E-state index contributed by atoms with van der Waals surface area (Å²) >= 11 is 0. The summed E-state index contributed by atoms with van der Waals surface area (Å²) in [7, 11) is 0. The van der Waals surface area contributed by atoms with Gasteiger partial charge < -0.3 is 5.32 Å². The first-order valence-corrected chi connectivity index (χ1v) is 26.3. The average molecular weight is 902 g/mol. The molecule has 4 aliphatic rings. The molecule has 3 unspecified atom stereocenters. The van der Waals surface area contributed by atoms with Gasteiger partial charge in [0.1, 0.15) is 5.83 Å². The molecule has 374 valence electrons. The summed E-state index contributed by atoms with van der Waals surface area (Å²) in [6.07, 6.45) is 27.1. The maximum absolute atomic E-state index is 12.3. The maximum Gasteiger partial charge on any atom is 0.122 e. The van der Waals surface area contributed by atoms with E-state index in [1.54, 1.807) is 19.2 Å². The fourth-order valence-corrected chi connectivity index (χ4v) is 8.42. The number of dihydropyridines is 1. The van der Waals surface area contributed by atoms with E-state index in [4.69, 9.17) is 0 Å². The Kier molecular flexibility index (Phi) is 39.5. The number of rotatable bonds is 11. The lowest BCUT2D eigenvalue weighted by Gasteiger charge is -2.36. The van der Waals surface area contributed by atoms with Gasteiger partial charge in [-0.2, -0.15) is 0 Å². The zero-order valence-electron chi connectivity index (χ0n) is 47.0. The number of hydrogen-bond acceptors (Lipinski definition) is 2. The molecule has 1 aliphatic heterocycles. The van der Waals surface area contributed by atoms with E-state index < -0.39 is 0 Å². The van der Waals surface area contributed by atoms with Crippen molar-refractivity contribution < 1.29 is 4.39 Å². The molecule has 0 saturated heterocycles. The van der Waals surface area contributed by atoms with Crippen LogP contribution in [0.1, 0.15) is 238 Å².